The molecule has 0 fully saturated rings. The van der Waals surface area contributed by atoms with E-state index in [1.54, 1.807) is 24.7 Å². The van der Waals surface area contributed by atoms with Crippen molar-refractivity contribution in [3.63, 3.8) is 0 Å². The Labute approximate surface area is 84.0 Å². The molecule has 0 aromatic carbocycles. The third kappa shape index (κ3) is 2.33. The Morgan fingerprint density at radius 2 is 2.07 bits per heavy atom. The first-order valence-corrected chi connectivity index (χ1v) is 5.96. The minimum absolute atomic E-state index is 0.251. The number of sulfonamides is 1. The van der Waals surface area contributed by atoms with Gasteiger partial charge in [-0.3, -0.25) is 4.68 Å². The van der Waals surface area contributed by atoms with Gasteiger partial charge in [-0.05, 0) is 26.8 Å². The standard InChI is InChI=1S/C8H15N3O2S/c1-6-4-5-11(10-6)7(2)8(3)14(9,12)13/h4-5,7-8H,1-3H3,(H2,9,12,13)/t7-,8-/m1/s1. The summed E-state index contributed by atoms with van der Waals surface area (Å²) in [6.45, 7) is 5.21. The van der Waals surface area contributed by atoms with E-state index in [0.29, 0.717) is 0 Å². The van der Waals surface area contributed by atoms with Gasteiger partial charge < -0.3 is 0 Å². The van der Waals surface area contributed by atoms with Gasteiger partial charge in [-0.1, -0.05) is 0 Å². The summed E-state index contributed by atoms with van der Waals surface area (Å²) in [5, 5.41) is 8.56. The van der Waals surface area contributed by atoms with E-state index in [4.69, 9.17) is 5.14 Å². The number of aromatic nitrogens is 2. The molecule has 80 valence electrons. The summed E-state index contributed by atoms with van der Waals surface area (Å²) in [4.78, 5) is 0. The molecule has 2 N–H and O–H groups in total. The van der Waals surface area contributed by atoms with Crippen LogP contribution in [0.15, 0.2) is 12.3 Å². The summed E-state index contributed by atoms with van der Waals surface area (Å²) < 4.78 is 23.8. The lowest BCUT2D eigenvalue weighted by Gasteiger charge is -2.18. The van der Waals surface area contributed by atoms with E-state index in [2.05, 4.69) is 5.10 Å². The highest BCUT2D eigenvalue weighted by Crippen LogP contribution is 2.15. The highest BCUT2D eigenvalue weighted by Gasteiger charge is 2.24. The van der Waals surface area contributed by atoms with Crippen molar-refractivity contribution in [2.45, 2.75) is 32.1 Å². The van der Waals surface area contributed by atoms with Crippen LogP contribution in [0.2, 0.25) is 0 Å². The van der Waals surface area contributed by atoms with Crippen LogP contribution in [0, 0.1) is 6.92 Å². The van der Waals surface area contributed by atoms with Crippen molar-refractivity contribution in [2.75, 3.05) is 0 Å². The molecule has 5 nitrogen and oxygen atoms in total. The Kier molecular flexibility index (Phi) is 2.96. The maximum atomic E-state index is 11.1. The summed E-state index contributed by atoms with van der Waals surface area (Å²) in [6, 6.07) is 1.57. The van der Waals surface area contributed by atoms with Crippen LogP contribution in [-0.4, -0.2) is 23.4 Å². The minimum atomic E-state index is -3.50. The molecule has 6 heteroatoms. The summed E-state index contributed by atoms with van der Waals surface area (Å²) >= 11 is 0. The molecule has 1 aromatic rings. The predicted molar refractivity (Wildman–Crippen MR) is 54.2 cm³/mol. The molecule has 0 aliphatic carbocycles. The third-order valence-corrected chi connectivity index (χ3v) is 3.79. The average Bonchev–Trinajstić information content (AvgIpc) is 2.47. The van der Waals surface area contributed by atoms with Crippen LogP contribution in [0.3, 0.4) is 0 Å². The van der Waals surface area contributed by atoms with Gasteiger partial charge >= 0.3 is 0 Å². The number of rotatable bonds is 3. The molecule has 0 aliphatic heterocycles. The van der Waals surface area contributed by atoms with E-state index < -0.39 is 15.3 Å². The molecule has 14 heavy (non-hydrogen) atoms. The van der Waals surface area contributed by atoms with Crippen LogP contribution in [0.5, 0.6) is 0 Å². The Morgan fingerprint density at radius 3 is 2.43 bits per heavy atom. The number of nitrogens with zero attached hydrogens (tertiary/aromatic N) is 2. The fourth-order valence-electron chi connectivity index (χ4n) is 1.15. The SMILES string of the molecule is Cc1ccn([C@H](C)[C@@H](C)S(N)(=O)=O)n1. The van der Waals surface area contributed by atoms with Crippen molar-refractivity contribution in [1.82, 2.24) is 9.78 Å². The zero-order valence-electron chi connectivity index (χ0n) is 8.51. The van der Waals surface area contributed by atoms with Crippen molar-refractivity contribution in [3.05, 3.63) is 18.0 Å². The smallest absolute Gasteiger partial charge is 0.213 e. The first-order chi connectivity index (χ1) is 6.32. The average molecular weight is 217 g/mol. The molecular weight excluding hydrogens is 202 g/mol. The molecule has 0 spiro atoms. The summed E-state index contributed by atoms with van der Waals surface area (Å²) in [7, 11) is -3.50. The van der Waals surface area contributed by atoms with Crippen LogP contribution in [-0.2, 0) is 10.0 Å². The second-order valence-corrected chi connectivity index (χ2v) is 5.39. The number of nitrogens with two attached hydrogens (primary N) is 1. The maximum absolute atomic E-state index is 11.1. The number of hydrogen-bond acceptors (Lipinski definition) is 3. The largest absolute Gasteiger partial charge is 0.268 e. The van der Waals surface area contributed by atoms with Crippen molar-refractivity contribution in [1.29, 1.82) is 0 Å². The lowest BCUT2D eigenvalue weighted by atomic mass is 10.2. The molecule has 1 aromatic heterocycles. The zero-order valence-corrected chi connectivity index (χ0v) is 9.32. The molecule has 1 rings (SSSR count). The van der Waals surface area contributed by atoms with Crippen LogP contribution in [0.1, 0.15) is 25.6 Å². The Hall–Kier alpha value is -0.880. The summed E-state index contributed by atoms with van der Waals surface area (Å²) in [6.07, 6.45) is 1.75. The molecule has 0 unspecified atom stereocenters. The van der Waals surface area contributed by atoms with Gasteiger partial charge in [0.25, 0.3) is 0 Å². The zero-order chi connectivity index (χ0) is 10.9. The lowest BCUT2D eigenvalue weighted by molar-refractivity contribution is 0.463. The molecule has 0 amide bonds. The molecule has 0 radical (unpaired) electrons. The van der Waals surface area contributed by atoms with Gasteiger partial charge in [0.1, 0.15) is 0 Å². The van der Waals surface area contributed by atoms with E-state index in [9.17, 15) is 8.42 Å². The predicted octanol–water partition coefficient (Wildman–Crippen LogP) is 0.430. The fraction of sp³-hybridized carbons (Fsp3) is 0.625. The summed E-state index contributed by atoms with van der Waals surface area (Å²) in [5.41, 5.74) is 0.860. The quantitative estimate of drug-likeness (QED) is 0.797. The molecule has 0 aliphatic rings. The van der Waals surface area contributed by atoms with Gasteiger partial charge in [0.2, 0.25) is 10.0 Å². The van der Waals surface area contributed by atoms with Gasteiger partial charge in [-0.25, -0.2) is 13.6 Å². The second-order valence-electron chi connectivity index (χ2n) is 3.47. The van der Waals surface area contributed by atoms with Gasteiger partial charge in [-0.2, -0.15) is 5.10 Å². The van der Waals surface area contributed by atoms with Crippen molar-refractivity contribution in [2.24, 2.45) is 5.14 Å². The molecule has 1 heterocycles. The first-order valence-electron chi connectivity index (χ1n) is 4.35. The van der Waals surface area contributed by atoms with Gasteiger partial charge in [0, 0.05) is 6.20 Å². The maximum Gasteiger partial charge on any atom is 0.213 e. The van der Waals surface area contributed by atoms with Crippen LogP contribution < -0.4 is 5.14 Å². The third-order valence-electron chi connectivity index (χ3n) is 2.36. The van der Waals surface area contributed by atoms with Crippen molar-refractivity contribution < 1.29 is 8.42 Å². The lowest BCUT2D eigenvalue weighted by Crippen LogP contribution is -2.33. The molecule has 2 atom stereocenters. The van der Waals surface area contributed by atoms with E-state index in [-0.39, 0.29) is 6.04 Å². The number of aryl methyl sites for hydroxylation is 1. The normalized spacial score (nSPS) is 16.6. The Morgan fingerprint density at radius 1 is 1.50 bits per heavy atom. The molecule has 0 bridgehead atoms. The monoisotopic (exact) mass is 217 g/mol. The molecular formula is C8H15N3O2S. The molecule has 0 saturated carbocycles. The van der Waals surface area contributed by atoms with E-state index in [0.717, 1.165) is 5.69 Å². The van der Waals surface area contributed by atoms with Crippen LogP contribution in [0.25, 0.3) is 0 Å². The van der Waals surface area contributed by atoms with Gasteiger partial charge in [0.05, 0.1) is 17.0 Å². The fourth-order valence-corrected chi connectivity index (χ4v) is 1.82. The van der Waals surface area contributed by atoms with Crippen molar-refractivity contribution >= 4 is 10.0 Å². The van der Waals surface area contributed by atoms with Gasteiger partial charge in [-0.15, -0.1) is 0 Å². The van der Waals surface area contributed by atoms with E-state index in [1.165, 1.54) is 0 Å². The number of primary sulfonamides is 1. The number of hydrogen-bond donors (Lipinski definition) is 1. The highest BCUT2D eigenvalue weighted by molar-refractivity contribution is 7.89. The highest BCUT2D eigenvalue weighted by atomic mass is 32.2. The van der Waals surface area contributed by atoms with Gasteiger partial charge in [0.15, 0.2) is 0 Å². The minimum Gasteiger partial charge on any atom is -0.268 e. The van der Waals surface area contributed by atoms with E-state index in [1.807, 2.05) is 13.0 Å². The van der Waals surface area contributed by atoms with E-state index >= 15 is 0 Å². The first kappa shape index (κ1) is 11.2. The van der Waals surface area contributed by atoms with Crippen molar-refractivity contribution in [3.8, 4) is 0 Å². The van der Waals surface area contributed by atoms with Crippen LogP contribution >= 0.6 is 0 Å². The Bertz CT molecular complexity index is 410. The molecule has 0 saturated heterocycles. The Balaban J connectivity index is 2.91. The summed E-state index contributed by atoms with van der Waals surface area (Å²) in [5.74, 6) is 0. The van der Waals surface area contributed by atoms with Crippen LogP contribution in [0.4, 0.5) is 0 Å². The topological polar surface area (TPSA) is 78.0 Å². The second kappa shape index (κ2) is 3.70.